The van der Waals surface area contributed by atoms with Crippen LogP contribution in [-0.4, -0.2) is 55.0 Å². The van der Waals surface area contributed by atoms with E-state index in [4.69, 9.17) is 13.9 Å². The number of aryl methyl sites for hydroxylation is 1. The van der Waals surface area contributed by atoms with E-state index >= 15 is 0 Å². The third-order valence-electron chi connectivity index (χ3n) is 7.11. The van der Waals surface area contributed by atoms with Crippen molar-refractivity contribution in [1.82, 2.24) is 9.80 Å². The van der Waals surface area contributed by atoms with Crippen LogP contribution in [0.1, 0.15) is 67.3 Å². The third-order valence-corrected chi connectivity index (χ3v) is 7.11. The number of hydrogen-bond acceptors (Lipinski definition) is 5. The van der Waals surface area contributed by atoms with Crippen molar-refractivity contribution in [2.45, 2.75) is 65.5 Å². The van der Waals surface area contributed by atoms with Crippen LogP contribution in [0.25, 0.3) is 0 Å². The van der Waals surface area contributed by atoms with Gasteiger partial charge in [-0.2, -0.15) is 0 Å². The molecule has 0 saturated heterocycles. The summed E-state index contributed by atoms with van der Waals surface area (Å²) in [6, 6.07) is 17.1. The standard InChI is InChI=1S/C32H42N2O5/c1-6-8-10-25-12-15-27(16-13-25)32(36)34(24(3)7-2)23-31(35)33(22-28-11-9-20-39-28)19-18-26-14-17-29(37-4)30(21-26)38-5/h9,11-17,20-21,24H,6-8,10,18-19,22-23H2,1-5H3. The Labute approximate surface area is 232 Å². The SMILES string of the molecule is CCCCc1ccc(C(=O)N(CC(=O)N(CCc2ccc(OC)c(OC)c2)Cc2ccco2)C(C)CC)cc1. The molecule has 0 fully saturated rings. The summed E-state index contributed by atoms with van der Waals surface area (Å²) in [6.07, 6.45) is 6.22. The van der Waals surface area contributed by atoms with Crippen LogP contribution in [0.4, 0.5) is 0 Å². The maximum Gasteiger partial charge on any atom is 0.254 e. The molecule has 1 unspecified atom stereocenters. The van der Waals surface area contributed by atoms with Gasteiger partial charge in [-0.1, -0.05) is 38.5 Å². The topological polar surface area (TPSA) is 72.2 Å². The maximum atomic E-state index is 13.7. The average Bonchev–Trinajstić information content (AvgIpc) is 3.49. The molecule has 0 aliphatic carbocycles. The fourth-order valence-electron chi connectivity index (χ4n) is 4.44. The van der Waals surface area contributed by atoms with Gasteiger partial charge in [0.2, 0.25) is 5.91 Å². The normalized spacial score (nSPS) is 11.6. The minimum absolute atomic E-state index is 0.00192. The summed E-state index contributed by atoms with van der Waals surface area (Å²) in [4.78, 5) is 30.7. The highest BCUT2D eigenvalue weighted by Gasteiger charge is 2.26. The number of rotatable bonds is 15. The van der Waals surface area contributed by atoms with Crippen LogP contribution in [0, 0.1) is 0 Å². The van der Waals surface area contributed by atoms with E-state index in [1.54, 1.807) is 30.3 Å². The van der Waals surface area contributed by atoms with E-state index in [-0.39, 0.29) is 24.4 Å². The molecule has 1 atom stereocenters. The minimum Gasteiger partial charge on any atom is -0.493 e. The third kappa shape index (κ3) is 8.37. The molecule has 39 heavy (non-hydrogen) atoms. The van der Waals surface area contributed by atoms with E-state index in [1.165, 1.54) is 5.56 Å². The molecule has 3 aromatic rings. The first kappa shape index (κ1) is 29.8. The van der Waals surface area contributed by atoms with Crippen LogP contribution < -0.4 is 9.47 Å². The van der Waals surface area contributed by atoms with Crippen LogP contribution in [0.15, 0.2) is 65.3 Å². The number of hydrogen-bond donors (Lipinski definition) is 0. The second-order valence-electron chi connectivity index (χ2n) is 9.82. The van der Waals surface area contributed by atoms with Gasteiger partial charge in [-0.25, -0.2) is 0 Å². The summed E-state index contributed by atoms with van der Waals surface area (Å²) < 4.78 is 16.3. The molecule has 0 saturated carbocycles. The summed E-state index contributed by atoms with van der Waals surface area (Å²) in [6.45, 7) is 6.97. The largest absolute Gasteiger partial charge is 0.493 e. The van der Waals surface area contributed by atoms with Crippen LogP contribution >= 0.6 is 0 Å². The molecule has 7 heteroatoms. The molecular weight excluding hydrogens is 492 g/mol. The highest BCUT2D eigenvalue weighted by Crippen LogP contribution is 2.28. The summed E-state index contributed by atoms with van der Waals surface area (Å²) in [7, 11) is 3.21. The van der Waals surface area contributed by atoms with Crippen molar-refractivity contribution in [3.8, 4) is 11.5 Å². The fourth-order valence-corrected chi connectivity index (χ4v) is 4.44. The van der Waals surface area contributed by atoms with Gasteiger partial charge in [0.1, 0.15) is 12.3 Å². The molecule has 0 spiro atoms. The number of methoxy groups -OCH3 is 2. The zero-order valence-corrected chi connectivity index (χ0v) is 23.9. The molecule has 0 radical (unpaired) electrons. The number of nitrogens with zero attached hydrogens (tertiary/aromatic N) is 2. The van der Waals surface area contributed by atoms with Gasteiger partial charge in [0.05, 0.1) is 27.0 Å². The van der Waals surface area contributed by atoms with Gasteiger partial charge in [0, 0.05) is 18.2 Å². The van der Waals surface area contributed by atoms with Crippen molar-refractivity contribution in [2.75, 3.05) is 27.3 Å². The van der Waals surface area contributed by atoms with E-state index in [0.29, 0.717) is 42.3 Å². The summed E-state index contributed by atoms with van der Waals surface area (Å²) in [5.41, 5.74) is 2.84. The van der Waals surface area contributed by atoms with Gasteiger partial charge >= 0.3 is 0 Å². The Hall–Kier alpha value is -3.74. The smallest absolute Gasteiger partial charge is 0.254 e. The minimum atomic E-state index is -0.127. The van der Waals surface area contributed by atoms with Crippen molar-refractivity contribution >= 4 is 11.8 Å². The Kier molecular flexibility index (Phi) is 11.5. The molecule has 0 aliphatic heterocycles. The van der Waals surface area contributed by atoms with E-state index < -0.39 is 0 Å². The lowest BCUT2D eigenvalue weighted by atomic mass is 10.0. The van der Waals surface area contributed by atoms with Crippen LogP contribution in [0.2, 0.25) is 0 Å². The number of ether oxygens (including phenoxy) is 2. The molecule has 0 N–H and O–H groups in total. The van der Waals surface area contributed by atoms with Gasteiger partial charge < -0.3 is 23.7 Å². The lowest BCUT2D eigenvalue weighted by Crippen LogP contribution is -2.46. The summed E-state index contributed by atoms with van der Waals surface area (Å²) in [5, 5.41) is 0. The Morgan fingerprint density at radius 1 is 0.923 bits per heavy atom. The first-order valence-electron chi connectivity index (χ1n) is 13.8. The van der Waals surface area contributed by atoms with Crippen molar-refractivity contribution in [1.29, 1.82) is 0 Å². The number of carbonyl (C=O) groups is 2. The molecule has 1 aromatic heterocycles. The van der Waals surface area contributed by atoms with Gasteiger partial charge in [-0.15, -0.1) is 0 Å². The zero-order chi connectivity index (χ0) is 28.2. The highest BCUT2D eigenvalue weighted by atomic mass is 16.5. The van der Waals surface area contributed by atoms with Crippen LogP contribution in [0.3, 0.4) is 0 Å². The Morgan fingerprint density at radius 2 is 1.64 bits per heavy atom. The quantitative estimate of drug-likeness (QED) is 0.234. The first-order chi connectivity index (χ1) is 18.9. The molecule has 2 aromatic carbocycles. The predicted octanol–water partition coefficient (Wildman–Crippen LogP) is 6.15. The molecule has 7 nitrogen and oxygen atoms in total. The van der Waals surface area contributed by atoms with Gasteiger partial charge in [0.25, 0.3) is 5.91 Å². The molecule has 0 aliphatic rings. The number of amides is 2. The summed E-state index contributed by atoms with van der Waals surface area (Å²) >= 11 is 0. The zero-order valence-electron chi connectivity index (χ0n) is 23.9. The molecule has 0 bridgehead atoms. The Morgan fingerprint density at radius 3 is 2.26 bits per heavy atom. The average molecular weight is 535 g/mol. The first-order valence-corrected chi connectivity index (χ1v) is 13.8. The molecule has 1 heterocycles. The van der Waals surface area contributed by atoms with Crippen molar-refractivity contribution in [3.05, 3.63) is 83.3 Å². The Bertz CT molecular complexity index is 1170. The predicted molar refractivity (Wildman–Crippen MR) is 153 cm³/mol. The van der Waals surface area contributed by atoms with Crippen molar-refractivity contribution in [3.63, 3.8) is 0 Å². The highest BCUT2D eigenvalue weighted by molar-refractivity contribution is 5.96. The van der Waals surface area contributed by atoms with Crippen molar-refractivity contribution < 1.29 is 23.5 Å². The lowest BCUT2D eigenvalue weighted by molar-refractivity contribution is -0.133. The summed E-state index contributed by atoms with van der Waals surface area (Å²) in [5.74, 6) is 1.75. The molecule has 3 rings (SSSR count). The number of benzene rings is 2. The number of furan rings is 1. The van der Waals surface area contributed by atoms with E-state index in [2.05, 4.69) is 6.92 Å². The van der Waals surface area contributed by atoms with E-state index in [9.17, 15) is 9.59 Å². The lowest BCUT2D eigenvalue weighted by Gasteiger charge is -2.31. The Balaban J connectivity index is 1.77. The molecule has 210 valence electrons. The number of carbonyl (C=O) groups excluding carboxylic acids is 2. The van der Waals surface area contributed by atoms with Gasteiger partial charge in [0.15, 0.2) is 11.5 Å². The molecular formula is C32H42N2O5. The number of unbranched alkanes of at least 4 members (excludes halogenated alkanes) is 1. The fraction of sp³-hybridized carbons (Fsp3) is 0.438. The van der Waals surface area contributed by atoms with E-state index in [0.717, 1.165) is 31.2 Å². The molecule has 2 amide bonds. The van der Waals surface area contributed by atoms with Crippen molar-refractivity contribution in [2.24, 2.45) is 0 Å². The second-order valence-corrected chi connectivity index (χ2v) is 9.82. The van der Waals surface area contributed by atoms with Gasteiger partial charge in [-0.05, 0) is 80.1 Å². The maximum absolute atomic E-state index is 13.7. The van der Waals surface area contributed by atoms with E-state index in [1.807, 2.05) is 68.4 Å². The van der Waals surface area contributed by atoms with Crippen LogP contribution in [-0.2, 0) is 24.2 Å². The second kappa shape index (κ2) is 15.0. The van der Waals surface area contributed by atoms with Crippen LogP contribution in [0.5, 0.6) is 11.5 Å². The monoisotopic (exact) mass is 534 g/mol. The van der Waals surface area contributed by atoms with Gasteiger partial charge in [-0.3, -0.25) is 9.59 Å².